The average molecular weight is 305 g/mol. The van der Waals surface area contributed by atoms with Crippen LogP contribution in [0.15, 0.2) is 0 Å². The van der Waals surface area contributed by atoms with Crippen molar-refractivity contribution in [3.8, 4) is 0 Å². The van der Waals surface area contributed by atoms with Crippen LogP contribution in [0.1, 0.15) is 49.6 Å². The SMILES string of the molecule is CNc1nc(C(OC)C(C)(C)C)nc2sc3c(c12)CCC3. The Hall–Kier alpha value is -1.20. The van der Waals surface area contributed by atoms with Crippen LogP contribution in [0.3, 0.4) is 0 Å². The number of nitrogens with zero attached hydrogens (tertiary/aromatic N) is 2. The van der Waals surface area contributed by atoms with Crippen molar-refractivity contribution in [1.29, 1.82) is 0 Å². The highest BCUT2D eigenvalue weighted by Gasteiger charge is 2.31. The molecule has 0 bridgehead atoms. The van der Waals surface area contributed by atoms with Gasteiger partial charge in [0.25, 0.3) is 0 Å². The third-order valence-corrected chi connectivity index (χ3v) is 5.26. The summed E-state index contributed by atoms with van der Waals surface area (Å²) < 4.78 is 5.68. The molecular formula is C16H23N3OS. The van der Waals surface area contributed by atoms with Gasteiger partial charge in [0.15, 0.2) is 5.82 Å². The minimum absolute atomic E-state index is 0.0343. The van der Waals surface area contributed by atoms with Crippen LogP contribution in [0.4, 0.5) is 5.82 Å². The number of thiophene rings is 1. The van der Waals surface area contributed by atoms with Gasteiger partial charge in [-0.1, -0.05) is 20.8 Å². The molecule has 1 N–H and O–H groups in total. The smallest absolute Gasteiger partial charge is 0.161 e. The van der Waals surface area contributed by atoms with Crippen LogP contribution in [0.25, 0.3) is 10.2 Å². The van der Waals surface area contributed by atoms with E-state index in [1.807, 2.05) is 18.4 Å². The van der Waals surface area contributed by atoms with Crippen molar-refractivity contribution in [3.63, 3.8) is 0 Å². The number of hydrogen-bond acceptors (Lipinski definition) is 5. The van der Waals surface area contributed by atoms with Crippen molar-refractivity contribution in [1.82, 2.24) is 9.97 Å². The molecule has 0 aliphatic heterocycles. The molecule has 0 spiro atoms. The summed E-state index contributed by atoms with van der Waals surface area (Å²) in [4.78, 5) is 12.2. The number of hydrogen-bond donors (Lipinski definition) is 1. The number of ether oxygens (including phenoxy) is 1. The lowest BCUT2D eigenvalue weighted by molar-refractivity contribution is 0.00904. The Morgan fingerprint density at radius 3 is 2.62 bits per heavy atom. The minimum atomic E-state index is -0.106. The third-order valence-electron chi connectivity index (χ3n) is 4.08. The predicted octanol–water partition coefficient (Wildman–Crippen LogP) is 3.96. The van der Waals surface area contributed by atoms with E-state index in [9.17, 15) is 0 Å². The van der Waals surface area contributed by atoms with Crippen LogP contribution >= 0.6 is 11.3 Å². The lowest BCUT2D eigenvalue weighted by atomic mass is 9.88. The fourth-order valence-corrected chi connectivity index (χ4v) is 4.42. The molecule has 1 aliphatic carbocycles. The van der Waals surface area contributed by atoms with Crippen molar-refractivity contribution < 1.29 is 4.74 Å². The molecule has 1 atom stereocenters. The van der Waals surface area contributed by atoms with Gasteiger partial charge in [0.2, 0.25) is 0 Å². The maximum Gasteiger partial charge on any atom is 0.161 e. The average Bonchev–Trinajstić information content (AvgIpc) is 2.96. The van der Waals surface area contributed by atoms with E-state index >= 15 is 0 Å². The van der Waals surface area contributed by atoms with Crippen LogP contribution in [0.5, 0.6) is 0 Å². The first-order chi connectivity index (χ1) is 9.95. The molecular weight excluding hydrogens is 282 g/mol. The fraction of sp³-hybridized carbons (Fsp3) is 0.625. The lowest BCUT2D eigenvalue weighted by Crippen LogP contribution is -2.22. The molecule has 1 unspecified atom stereocenters. The fourth-order valence-electron chi connectivity index (χ4n) is 3.16. The zero-order valence-corrected chi connectivity index (χ0v) is 14.2. The first-order valence-electron chi connectivity index (χ1n) is 7.48. The summed E-state index contributed by atoms with van der Waals surface area (Å²) in [6.07, 6.45) is 3.48. The van der Waals surface area contributed by atoms with Gasteiger partial charge in [0.05, 0.1) is 5.39 Å². The molecule has 0 aromatic carbocycles. The zero-order chi connectivity index (χ0) is 15.2. The molecule has 0 saturated heterocycles. The molecule has 2 aromatic rings. The normalized spacial score (nSPS) is 16.2. The summed E-state index contributed by atoms with van der Waals surface area (Å²) in [6, 6.07) is 0. The number of aromatic nitrogens is 2. The predicted molar refractivity (Wildman–Crippen MR) is 88.2 cm³/mol. The Bertz CT molecular complexity index is 672. The monoisotopic (exact) mass is 305 g/mol. The van der Waals surface area contributed by atoms with E-state index in [4.69, 9.17) is 14.7 Å². The number of aryl methyl sites for hydroxylation is 2. The van der Waals surface area contributed by atoms with E-state index in [0.29, 0.717) is 0 Å². The number of rotatable bonds is 3. The largest absolute Gasteiger partial charge is 0.373 e. The second-order valence-electron chi connectivity index (χ2n) is 6.70. The van der Waals surface area contributed by atoms with Gasteiger partial charge >= 0.3 is 0 Å². The van der Waals surface area contributed by atoms with Gasteiger partial charge in [-0.3, -0.25) is 0 Å². The van der Waals surface area contributed by atoms with Crippen molar-refractivity contribution >= 4 is 27.4 Å². The maximum absolute atomic E-state index is 5.68. The van der Waals surface area contributed by atoms with Gasteiger partial charge < -0.3 is 10.1 Å². The summed E-state index contributed by atoms with van der Waals surface area (Å²) in [5.41, 5.74) is 1.42. The Balaban J connectivity index is 2.18. The van der Waals surface area contributed by atoms with E-state index in [1.165, 1.54) is 28.7 Å². The summed E-state index contributed by atoms with van der Waals surface area (Å²) in [6.45, 7) is 6.46. The Kier molecular flexibility index (Phi) is 3.66. The van der Waals surface area contributed by atoms with E-state index in [0.717, 1.165) is 22.9 Å². The lowest BCUT2D eigenvalue weighted by Gasteiger charge is -2.28. The Morgan fingerprint density at radius 2 is 2.00 bits per heavy atom. The number of fused-ring (bicyclic) bond motifs is 3. The number of methoxy groups -OCH3 is 1. The van der Waals surface area contributed by atoms with E-state index in [1.54, 1.807) is 7.11 Å². The first-order valence-corrected chi connectivity index (χ1v) is 8.30. The molecule has 21 heavy (non-hydrogen) atoms. The standard InChI is InChI=1S/C16H23N3OS/c1-16(2,3)12(20-5)14-18-13(17-4)11-9-7-6-8-10(9)21-15(11)19-14/h12H,6-8H2,1-5H3,(H,17,18,19). The first kappa shape index (κ1) is 14.7. The van der Waals surface area contributed by atoms with Crippen molar-refractivity contribution in [2.24, 2.45) is 5.41 Å². The Morgan fingerprint density at radius 1 is 1.24 bits per heavy atom. The zero-order valence-electron chi connectivity index (χ0n) is 13.4. The second kappa shape index (κ2) is 5.21. The summed E-state index contributed by atoms with van der Waals surface area (Å²) in [5, 5.41) is 4.48. The van der Waals surface area contributed by atoms with E-state index in [-0.39, 0.29) is 11.5 Å². The molecule has 114 valence electrons. The molecule has 3 rings (SSSR count). The number of anilines is 1. The summed E-state index contributed by atoms with van der Waals surface area (Å²) in [7, 11) is 3.67. The molecule has 4 nitrogen and oxygen atoms in total. The van der Waals surface area contributed by atoms with Crippen molar-refractivity contribution in [2.75, 3.05) is 19.5 Å². The van der Waals surface area contributed by atoms with Crippen LogP contribution < -0.4 is 5.32 Å². The van der Waals surface area contributed by atoms with Crippen LogP contribution in [0.2, 0.25) is 0 Å². The van der Waals surface area contributed by atoms with E-state index < -0.39 is 0 Å². The van der Waals surface area contributed by atoms with Crippen molar-refractivity contribution in [3.05, 3.63) is 16.3 Å². The van der Waals surface area contributed by atoms with Gasteiger partial charge in [-0.15, -0.1) is 11.3 Å². The van der Waals surface area contributed by atoms with Crippen LogP contribution in [-0.4, -0.2) is 24.1 Å². The number of nitrogens with one attached hydrogen (secondary N) is 1. The van der Waals surface area contributed by atoms with Gasteiger partial charge in [0, 0.05) is 19.0 Å². The van der Waals surface area contributed by atoms with Crippen molar-refractivity contribution in [2.45, 2.75) is 46.1 Å². The summed E-state index contributed by atoms with van der Waals surface area (Å²) >= 11 is 1.82. The molecule has 1 aliphatic rings. The highest BCUT2D eigenvalue weighted by molar-refractivity contribution is 7.19. The highest BCUT2D eigenvalue weighted by atomic mass is 32.1. The van der Waals surface area contributed by atoms with Crippen LogP contribution in [-0.2, 0) is 17.6 Å². The quantitative estimate of drug-likeness (QED) is 0.932. The van der Waals surface area contributed by atoms with E-state index in [2.05, 4.69) is 26.1 Å². The molecule has 0 radical (unpaired) electrons. The van der Waals surface area contributed by atoms with Crippen LogP contribution in [0, 0.1) is 5.41 Å². The molecule has 0 fully saturated rings. The molecule has 0 amide bonds. The third kappa shape index (κ3) is 2.42. The van der Waals surface area contributed by atoms with Gasteiger partial charge in [-0.05, 0) is 30.2 Å². The Labute approximate surface area is 129 Å². The highest BCUT2D eigenvalue weighted by Crippen LogP contribution is 2.41. The second-order valence-corrected chi connectivity index (χ2v) is 7.78. The molecule has 2 aromatic heterocycles. The van der Waals surface area contributed by atoms with Gasteiger partial charge in [-0.2, -0.15) is 0 Å². The molecule has 5 heteroatoms. The van der Waals surface area contributed by atoms with Gasteiger partial charge in [0.1, 0.15) is 16.8 Å². The topological polar surface area (TPSA) is 47.0 Å². The minimum Gasteiger partial charge on any atom is -0.373 e. The summed E-state index contributed by atoms with van der Waals surface area (Å²) in [5.74, 6) is 1.72. The van der Waals surface area contributed by atoms with Gasteiger partial charge in [-0.25, -0.2) is 9.97 Å². The molecule has 2 heterocycles. The molecule has 0 saturated carbocycles. The maximum atomic E-state index is 5.68.